The highest BCUT2D eigenvalue weighted by Gasteiger charge is 2.41. The van der Waals surface area contributed by atoms with E-state index in [0.29, 0.717) is 5.65 Å². The van der Waals surface area contributed by atoms with Crippen LogP contribution < -0.4 is 11.3 Å². The molecule has 3 rings (SSSR count). The zero-order valence-corrected chi connectivity index (χ0v) is 13.0. The Morgan fingerprint density at radius 2 is 2.27 bits per heavy atom. The van der Waals surface area contributed by atoms with E-state index in [-0.39, 0.29) is 56.5 Å². The molecule has 2 aromatic heterocycles. The fourth-order valence-corrected chi connectivity index (χ4v) is 2.98. The summed E-state index contributed by atoms with van der Waals surface area (Å²) in [5.41, 5.74) is 5.82. The molecule has 118 valence electrons. The third kappa shape index (κ3) is 2.41. The highest BCUT2D eigenvalue weighted by Crippen LogP contribution is 2.40. The molecular weight excluding hydrogens is 309 g/mol. The SMILES string of the molecule is C[C@@H]1[C@H](C)[C@@H](COP=O)O[C@H]1n1cnc2c(=O)[nH]c(N)nc21. The van der Waals surface area contributed by atoms with E-state index >= 15 is 0 Å². The van der Waals surface area contributed by atoms with Gasteiger partial charge in [0.05, 0.1) is 19.0 Å². The van der Waals surface area contributed by atoms with Gasteiger partial charge in [0, 0.05) is 5.92 Å². The molecule has 3 heterocycles. The molecule has 0 amide bonds. The maximum atomic E-state index is 11.8. The van der Waals surface area contributed by atoms with Crippen molar-refractivity contribution in [1.29, 1.82) is 0 Å². The van der Waals surface area contributed by atoms with Crippen molar-refractivity contribution in [3.05, 3.63) is 16.7 Å². The van der Waals surface area contributed by atoms with Crippen LogP contribution in [0.15, 0.2) is 11.1 Å². The summed E-state index contributed by atoms with van der Waals surface area (Å²) in [4.78, 5) is 22.5. The van der Waals surface area contributed by atoms with Gasteiger partial charge in [0.25, 0.3) is 5.56 Å². The molecule has 0 radical (unpaired) electrons. The number of nitrogens with two attached hydrogens (primary N) is 1. The molecule has 0 aromatic carbocycles. The first-order valence-corrected chi connectivity index (χ1v) is 7.58. The van der Waals surface area contributed by atoms with Gasteiger partial charge in [0.1, 0.15) is 6.23 Å². The molecule has 1 aliphatic heterocycles. The lowest BCUT2D eigenvalue weighted by Gasteiger charge is -2.17. The minimum atomic E-state index is -0.384. The van der Waals surface area contributed by atoms with Crippen molar-refractivity contribution in [1.82, 2.24) is 19.5 Å². The fraction of sp³-hybridized carbons (Fsp3) is 0.583. The Labute approximate surface area is 127 Å². The maximum absolute atomic E-state index is 11.8. The summed E-state index contributed by atoms with van der Waals surface area (Å²) >= 11 is 0. The molecule has 0 bridgehead atoms. The molecule has 0 saturated carbocycles. The standard InChI is InChI=1S/C12H16N5O4P/c1-5-6(2)11(21-7(5)3-20-22-19)17-4-14-8-9(17)15-12(13)16-10(8)18/h4-7,11H,3H2,1-2H3,(H3,13,15,16,18)/t5-,6+,7+,11+/m0/s1. The Balaban J connectivity index is 1.97. The van der Waals surface area contributed by atoms with E-state index in [2.05, 4.69) is 15.0 Å². The minimum Gasteiger partial charge on any atom is -0.369 e. The van der Waals surface area contributed by atoms with E-state index < -0.39 is 0 Å². The van der Waals surface area contributed by atoms with Crippen LogP contribution in [0.5, 0.6) is 0 Å². The number of imidazole rings is 1. The summed E-state index contributed by atoms with van der Waals surface area (Å²) in [5.74, 6) is 0.350. The molecule has 0 unspecified atom stereocenters. The van der Waals surface area contributed by atoms with E-state index in [1.165, 1.54) is 6.33 Å². The number of anilines is 1. The summed E-state index contributed by atoms with van der Waals surface area (Å²) in [7, 11) is -0.369. The van der Waals surface area contributed by atoms with E-state index in [4.69, 9.17) is 15.0 Å². The van der Waals surface area contributed by atoms with Gasteiger partial charge in [-0.25, -0.2) is 9.55 Å². The molecule has 1 saturated heterocycles. The summed E-state index contributed by atoms with van der Waals surface area (Å²) in [6, 6.07) is 0. The molecule has 9 nitrogen and oxygen atoms in total. The smallest absolute Gasteiger partial charge is 0.327 e. The highest BCUT2D eigenvalue weighted by atomic mass is 31.1. The van der Waals surface area contributed by atoms with Crippen molar-refractivity contribution >= 4 is 25.8 Å². The van der Waals surface area contributed by atoms with Crippen LogP contribution in [0.3, 0.4) is 0 Å². The monoisotopic (exact) mass is 325 g/mol. The number of nitrogens with zero attached hydrogens (tertiary/aromatic N) is 3. The maximum Gasteiger partial charge on any atom is 0.327 e. The number of hydrogen-bond acceptors (Lipinski definition) is 7. The molecule has 3 N–H and O–H groups in total. The lowest BCUT2D eigenvalue weighted by atomic mass is 9.93. The van der Waals surface area contributed by atoms with Gasteiger partial charge in [-0.1, -0.05) is 13.8 Å². The minimum absolute atomic E-state index is 0.0305. The average molecular weight is 325 g/mol. The van der Waals surface area contributed by atoms with Gasteiger partial charge in [-0.2, -0.15) is 4.98 Å². The van der Waals surface area contributed by atoms with Gasteiger partial charge in [-0.15, -0.1) is 0 Å². The zero-order valence-electron chi connectivity index (χ0n) is 12.1. The zero-order chi connectivity index (χ0) is 15.9. The van der Waals surface area contributed by atoms with Gasteiger partial charge < -0.3 is 10.5 Å². The summed E-state index contributed by atoms with van der Waals surface area (Å²) in [5, 5.41) is 0. The van der Waals surface area contributed by atoms with Crippen LogP contribution in [0.2, 0.25) is 0 Å². The Bertz CT molecular complexity index is 760. The number of ether oxygens (including phenoxy) is 1. The average Bonchev–Trinajstić information content (AvgIpc) is 3.00. The number of hydrogen-bond donors (Lipinski definition) is 2. The van der Waals surface area contributed by atoms with Crippen LogP contribution in [0, 0.1) is 11.8 Å². The quantitative estimate of drug-likeness (QED) is 0.806. The number of rotatable bonds is 4. The molecule has 10 heteroatoms. The van der Waals surface area contributed by atoms with Crippen LogP contribution in [-0.4, -0.2) is 32.2 Å². The molecule has 2 aromatic rings. The van der Waals surface area contributed by atoms with Gasteiger partial charge in [0.2, 0.25) is 5.95 Å². The number of H-pyrrole nitrogens is 1. The third-order valence-corrected chi connectivity index (χ3v) is 4.45. The molecule has 1 fully saturated rings. The lowest BCUT2D eigenvalue weighted by molar-refractivity contribution is -0.0274. The fourth-order valence-electron chi connectivity index (χ4n) is 2.77. The van der Waals surface area contributed by atoms with Crippen LogP contribution in [0.1, 0.15) is 20.1 Å². The number of nitrogens with one attached hydrogen (secondary N) is 1. The predicted molar refractivity (Wildman–Crippen MR) is 78.4 cm³/mol. The van der Waals surface area contributed by atoms with Crippen LogP contribution in [-0.2, 0) is 13.8 Å². The Hall–Kier alpha value is -1.83. The third-order valence-electron chi connectivity index (χ3n) is 4.20. The van der Waals surface area contributed by atoms with Gasteiger partial charge in [-0.3, -0.25) is 18.9 Å². The molecule has 22 heavy (non-hydrogen) atoms. The second kappa shape index (κ2) is 5.75. The summed E-state index contributed by atoms with van der Waals surface area (Å²) < 4.78 is 23.0. The van der Waals surface area contributed by atoms with Crippen molar-refractivity contribution in [2.24, 2.45) is 11.8 Å². The Kier molecular flexibility index (Phi) is 3.94. The van der Waals surface area contributed by atoms with Crippen LogP contribution in [0.4, 0.5) is 5.95 Å². The van der Waals surface area contributed by atoms with E-state index in [0.717, 1.165) is 0 Å². The number of aromatic nitrogens is 4. The van der Waals surface area contributed by atoms with E-state index in [1.807, 2.05) is 13.8 Å². The van der Waals surface area contributed by atoms with Crippen molar-refractivity contribution < 1.29 is 13.8 Å². The van der Waals surface area contributed by atoms with Crippen LogP contribution in [0.25, 0.3) is 11.2 Å². The van der Waals surface area contributed by atoms with E-state index in [9.17, 15) is 9.36 Å². The molecular formula is C12H16N5O4P. The van der Waals surface area contributed by atoms with E-state index in [1.54, 1.807) is 4.57 Å². The number of aromatic amines is 1. The molecule has 0 spiro atoms. The second-order valence-electron chi connectivity index (χ2n) is 5.43. The van der Waals surface area contributed by atoms with Crippen molar-refractivity contribution in [2.75, 3.05) is 12.3 Å². The second-order valence-corrected chi connectivity index (χ2v) is 5.84. The lowest BCUT2D eigenvalue weighted by Crippen LogP contribution is -2.20. The first kappa shape index (κ1) is 15.1. The first-order valence-electron chi connectivity index (χ1n) is 6.85. The first-order chi connectivity index (χ1) is 10.5. The molecule has 1 aliphatic rings. The van der Waals surface area contributed by atoms with Crippen molar-refractivity contribution in [3.63, 3.8) is 0 Å². The van der Waals surface area contributed by atoms with Gasteiger partial charge in [-0.05, 0) is 5.92 Å². The highest BCUT2D eigenvalue weighted by molar-refractivity contribution is 7.17. The van der Waals surface area contributed by atoms with Crippen LogP contribution >= 0.6 is 8.69 Å². The van der Waals surface area contributed by atoms with Crippen molar-refractivity contribution in [3.8, 4) is 0 Å². The molecule has 0 aliphatic carbocycles. The number of nitrogen functional groups attached to an aromatic ring is 1. The molecule has 4 atom stereocenters. The normalized spacial score (nSPS) is 28.6. The Morgan fingerprint density at radius 1 is 1.50 bits per heavy atom. The van der Waals surface area contributed by atoms with Gasteiger partial charge in [0.15, 0.2) is 11.2 Å². The largest absolute Gasteiger partial charge is 0.369 e. The predicted octanol–water partition coefficient (Wildman–Crippen LogP) is 1.09. The van der Waals surface area contributed by atoms with Gasteiger partial charge >= 0.3 is 8.69 Å². The Morgan fingerprint density at radius 3 is 3.00 bits per heavy atom. The summed E-state index contributed by atoms with van der Waals surface area (Å²) in [6.45, 7) is 4.30. The van der Waals surface area contributed by atoms with Crippen molar-refractivity contribution in [2.45, 2.75) is 26.2 Å². The topological polar surface area (TPSA) is 125 Å². The number of fused-ring (bicyclic) bond motifs is 1. The summed E-state index contributed by atoms with van der Waals surface area (Å²) in [6.07, 6.45) is 0.985.